The molecule has 0 radical (unpaired) electrons. The maximum absolute atomic E-state index is 6.12. The van der Waals surface area contributed by atoms with Crippen LogP contribution in [0.25, 0.3) is 33.3 Å². The third-order valence-electron chi connectivity index (χ3n) is 4.21. The average molecular weight is 468 g/mol. The minimum absolute atomic E-state index is 0.727. The lowest BCUT2D eigenvalue weighted by Gasteiger charge is -2.10. The van der Waals surface area contributed by atoms with Crippen LogP contribution in [0.2, 0.25) is 0 Å². The van der Waals surface area contributed by atoms with E-state index in [0.29, 0.717) is 0 Å². The van der Waals surface area contributed by atoms with E-state index in [0.717, 1.165) is 54.2 Å². The lowest BCUT2D eigenvalue weighted by atomic mass is 10.2. The maximum Gasteiger partial charge on any atom is 0.143 e. The second-order valence-corrected chi connectivity index (χ2v) is 7.17. The molecule has 0 saturated carbocycles. The Labute approximate surface area is 167 Å². The normalized spacial score (nSPS) is 11.3. The van der Waals surface area contributed by atoms with Crippen LogP contribution >= 0.6 is 22.6 Å². The van der Waals surface area contributed by atoms with Gasteiger partial charge in [0.1, 0.15) is 22.8 Å². The van der Waals surface area contributed by atoms with E-state index in [1.54, 1.807) is 18.6 Å². The van der Waals surface area contributed by atoms with Crippen molar-refractivity contribution in [2.45, 2.75) is 6.92 Å². The number of imidazole rings is 1. The Morgan fingerprint density at radius 1 is 1.04 bits per heavy atom. The third-order valence-corrected chi connectivity index (χ3v) is 5.25. The Morgan fingerprint density at radius 2 is 1.96 bits per heavy atom. The molecule has 5 aromatic rings. The summed E-state index contributed by atoms with van der Waals surface area (Å²) in [5, 5.41) is 6.77. The molecule has 0 aliphatic carbocycles. The molecule has 0 bridgehead atoms. The van der Waals surface area contributed by atoms with Crippen molar-refractivity contribution in [2.75, 3.05) is 0 Å². The number of fused-ring (bicyclic) bond motifs is 2. The highest BCUT2D eigenvalue weighted by Gasteiger charge is 2.12. The van der Waals surface area contributed by atoms with E-state index in [4.69, 9.17) is 9.72 Å². The van der Waals surface area contributed by atoms with Gasteiger partial charge in [-0.1, -0.05) is 0 Å². The lowest BCUT2D eigenvalue weighted by Crippen LogP contribution is -1.94. The average Bonchev–Trinajstić information content (AvgIpc) is 3.32. The minimum Gasteiger partial charge on any atom is -0.456 e. The van der Waals surface area contributed by atoms with Crippen LogP contribution in [0.4, 0.5) is 0 Å². The van der Waals surface area contributed by atoms with Crippen molar-refractivity contribution in [3.05, 3.63) is 58.3 Å². The van der Waals surface area contributed by atoms with Crippen molar-refractivity contribution < 1.29 is 4.74 Å². The second kappa shape index (κ2) is 6.31. The highest BCUT2D eigenvalue weighted by atomic mass is 127. The SMILES string of the molecule is Cc1nc2cc(Oc3ccc4ncc(-c5cn[nH]c5)nc4c3I)ccc2[nH]1. The largest absolute Gasteiger partial charge is 0.456 e. The van der Waals surface area contributed by atoms with Crippen molar-refractivity contribution in [3.63, 3.8) is 0 Å². The molecular formula is C19H13IN6O. The molecular weight excluding hydrogens is 455 g/mol. The van der Waals surface area contributed by atoms with Crippen molar-refractivity contribution in [3.8, 4) is 22.8 Å². The Balaban J connectivity index is 1.56. The lowest BCUT2D eigenvalue weighted by molar-refractivity contribution is 0.480. The van der Waals surface area contributed by atoms with Crippen LogP contribution in [0.1, 0.15) is 5.82 Å². The first-order valence-corrected chi connectivity index (χ1v) is 9.34. The van der Waals surface area contributed by atoms with Gasteiger partial charge in [-0.15, -0.1) is 0 Å². The predicted octanol–water partition coefficient (Wildman–Crippen LogP) is 4.60. The Kier molecular flexibility index (Phi) is 3.78. The molecule has 2 aromatic carbocycles. The van der Waals surface area contributed by atoms with Gasteiger partial charge in [0.15, 0.2) is 0 Å². The van der Waals surface area contributed by atoms with Crippen LogP contribution in [0, 0.1) is 10.5 Å². The van der Waals surface area contributed by atoms with Crippen LogP contribution in [-0.2, 0) is 0 Å². The van der Waals surface area contributed by atoms with Gasteiger partial charge in [0.05, 0.1) is 38.2 Å². The first-order chi connectivity index (χ1) is 13.2. The number of halogens is 1. The fourth-order valence-corrected chi connectivity index (χ4v) is 3.63. The van der Waals surface area contributed by atoms with E-state index < -0.39 is 0 Å². The molecule has 7 nitrogen and oxygen atoms in total. The fourth-order valence-electron chi connectivity index (χ4n) is 2.94. The third kappa shape index (κ3) is 2.91. The maximum atomic E-state index is 6.12. The van der Waals surface area contributed by atoms with Crippen LogP contribution in [-0.4, -0.2) is 30.1 Å². The van der Waals surface area contributed by atoms with E-state index in [-0.39, 0.29) is 0 Å². The zero-order valence-electron chi connectivity index (χ0n) is 14.2. The number of ether oxygens (including phenoxy) is 1. The van der Waals surface area contributed by atoms with Gasteiger partial charge in [-0.25, -0.2) is 9.97 Å². The van der Waals surface area contributed by atoms with Crippen LogP contribution in [0.3, 0.4) is 0 Å². The second-order valence-electron chi connectivity index (χ2n) is 6.09. The first-order valence-electron chi connectivity index (χ1n) is 8.26. The van der Waals surface area contributed by atoms with Gasteiger partial charge in [0, 0.05) is 17.8 Å². The Bertz CT molecular complexity index is 1280. The summed E-state index contributed by atoms with van der Waals surface area (Å²) in [6, 6.07) is 9.64. The van der Waals surface area contributed by atoms with Crippen molar-refractivity contribution in [2.24, 2.45) is 0 Å². The minimum atomic E-state index is 0.727. The summed E-state index contributed by atoms with van der Waals surface area (Å²) in [5.74, 6) is 2.34. The molecule has 0 aliphatic heterocycles. The Hall–Kier alpha value is -3.01. The molecule has 5 rings (SSSR count). The summed E-state index contributed by atoms with van der Waals surface area (Å²) in [6.07, 6.45) is 5.27. The number of aromatic nitrogens is 6. The summed E-state index contributed by atoms with van der Waals surface area (Å²) in [5.41, 5.74) is 5.14. The number of aryl methyl sites for hydroxylation is 1. The number of H-pyrrole nitrogens is 2. The summed E-state index contributed by atoms with van der Waals surface area (Å²) < 4.78 is 7.02. The number of rotatable bonds is 3. The fraction of sp³-hybridized carbons (Fsp3) is 0.0526. The molecule has 27 heavy (non-hydrogen) atoms. The van der Waals surface area contributed by atoms with Crippen LogP contribution < -0.4 is 4.74 Å². The van der Waals surface area contributed by atoms with Crippen LogP contribution in [0.15, 0.2) is 48.9 Å². The van der Waals surface area contributed by atoms with Gasteiger partial charge in [-0.2, -0.15) is 5.10 Å². The monoisotopic (exact) mass is 468 g/mol. The van der Waals surface area contributed by atoms with Crippen molar-refractivity contribution in [1.29, 1.82) is 0 Å². The molecule has 132 valence electrons. The topological polar surface area (TPSA) is 92.4 Å². The molecule has 0 aliphatic rings. The van der Waals surface area contributed by atoms with Gasteiger partial charge in [0.25, 0.3) is 0 Å². The van der Waals surface area contributed by atoms with Crippen LogP contribution in [0.5, 0.6) is 11.5 Å². The standard InChI is InChI=1S/C19H13IN6O/c1-10-24-13-3-2-12(6-15(13)25-10)27-17-5-4-14-19(18(17)20)26-16(9-21-14)11-7-22-23-8-11/h2-9H,1H3,(H,22,23)(H,24,25). The van der Waals surface area contributed by atoms with Crippen molar-refractivity contribution >= 4 is 44.7 Å². The van der Waals surface area contributed by atoms with Gasteiger partial charge in [-0.3, -0.25) is 10.1 Å². The number of hydrogen-bond acceptors (Lipinski definition) is 5. The zero-order valence-corrected chi connectivity index (χ0v) is 16.4. The molecule has 3 heterocycles. The summed E-state index contributed by atoms with van der Waals surface area (Å²) in [6.45, 7) is 1.93. The summed E-state index contributed by atoms with van der Waals surface area (Å²) in [7, 11) is 0. The quantitative estimate of drug-likeness (QED) is 0.378. The highest BCUT2D eigenvalue weighted by Crippen LogP contribution is 2.33. The van der Waals surface area contributed by atoms with E-state index in [9.17, 15) is 0 Å². The van der Waals surface area contributed by atoms with E-state index in [1.165, 1.54) is 0 Å². The van der Waals surface area contributed by atoms with Gasteiger partial charge >= 0.3 is 0 Å². The number of benzene rings is 2. The summed E-state index contributed by atoms with van der Waals surface area (Å²) >= 11 is 2.25. The van der Waals surface area contributed by atoms with E-state index in [2.05, 4.69) is 47.7 Å². The molecule has 0 unspecified atom stereocenters. The van der Waals surface area contributed by atoms with Crippen molar-refractivity contribution in [1.82, 2.24) is 30.1 Å². The predicted molar refractivity (Wildman–Crippen MR) is 111 cm³/mol. The zero-order chi connectivity index (χ0) is 18.4. The highest BCUT2D eigenvalue weighted by molar-refractivity contribution is 14.1. The number of nitrogens with one attached hydrogen (secondary N) is 2. The molecule has 8 heteroatoms. The first kappa shape index (κ1) is 16.2. The smallest absolute Gasteiger partial charge is 0.143 e. The summed E-state index contributed by atoms with van der Waals surface area (Å²) in [4.78, 5) is 16.9. The molecule has 3 aromatic heterocycles. The number of aromatic amines is 2. The number of hydrogen-bond donors (Lipinski definition) is 2. The van der Waals surface area contributed by atoms with Gasteiger partial charge in [-0.05, 0) is 53.8 Å². The molecule has 0 amide bonds. The molecule has 0 atom stereocenters. The van der Waals surface area contributed by atoms with E-state index >= 15 is 0 Å². The molecule has 2 N–H and O–H groups in total. The molecule has 0 spiro atoms. The molecule has 0 fully saturated rings. The molecule has 0 saturated heterocycles. The number of nitrogens with zero attached hydrogens (tertiary/aromatic N) is 4. The Morgan fingerprint density at radius 3 is 2.81 bits per heavy atom. The van der Waals surface area contributed by atoms with Gasteiger partial charge < -0.3 is 9.72 Å². The van der Waals surface area contributed by atoms with E-state index in [1.807, 2.05) is 37.3 Å². The van der Waals surface area contributed by atoms with Gasteiger partial charge in [0.2, 0.25) is 0 Å².